The van der Waals surface area contributed by atoms with Crippen molar-refractivity contribution in [2.45, 2.75) is 6.92 Å². The third-order valence-electron chi connectivity index (χ3n) is 13.8. The molecule has 13 rings (SSSR count). The molecule has 12 aromatic carbocycles. The lowest BCUT2D eigenvalue weighted by Gasteiger charge is -2.28. The van der Waals surface area contributed by atoms with E-state index in [0.29, 0.717) is 0 Å². The fourth-order valence-corrected chi connectivity index (χ4v) is 10.8. The Balaban J connectivity index is 1.17. The minimum Gasteiger partial charge on any atom is -0.310 e. The van der Waals surface area contributed by atoms with E-state index in [0.717, 1.165) is 22.7 Å². The molecule has 0 aliphatic heterocycles. The zero-order chi connectivity index (χ0) is 44.4. The molecule has 1 heterocycles. The summed E-state index contributed by atoms with van der Waals surface area (Å²) in [6, 6.07) is 91.7. The summed E-state index contributed by atoms with van der Waals surface area (Å²) >= 11 is 0. The first kappa shape index (κ1) is 38.7. The summed E-state index contributed by atoms with van der Waals surface area (Å²) in [5.74, 6) is 0. The number of hydrogen-bond donors (Lipinski definition) is 0. The average Bonchev–Trinajstić information content (AvgIpc) is 3.73. The summed E-state index contributed by atoms with van der Waals surface area (Å²) in [6.07, 6.45) is 0. The fourth-order valence-electron chi connectivity index (χ4n) is 10.8. The molecule has 0 aliphatic rings. The van der Waals surface area contributed by atoms with Crippen LogP contribution < -0.4 is 4.90 Å². The van der Waals surface area contributed by atoms with Crippen LogP contribution in [0.4, 0.5) is 17.1 Å². The minimum absolute atomic E-state index is 1.10. The van der Waals surface area contributed by atoms with Crippen LogP contribution in [0, 0.1) is 6.92 Å². The summed E-state index contributed by atoms with van der Waals surface area (Å²) in [4.78, 5) is 2.41. The van der Waals surface area contributed by atoms with Gasteiger partial charge in [-0.2, -0.15) is 0 Å². The lowest BCUT2D eigenvalue weighted by atomic mass is 9.83. The number of rotatable bonds is 7. The second kappa shape index (κ2) is 15.8. The molecule has 2 heteroatoms. The van der Waals surface area contributed by atoms with E-state index >= 15 is 0 Å². The van der Waals surface area contributed by atoms with Crippen molar-refractivity contribution in [1.82, 2.24) is 4.57 Å². The second-order valence-corrected chi connectivity index (χ2v) is 17.7. The molecule has 0 fully saturated rings. The highest BCUT2D eigenvalue weighted by Gasteiger charge is 2.23. The third-order valence-corrected chi connectivity index (χ3v) is 13.8. The number of aromatic nitrogens is 1. The van der Waals surface area contributed by atoms with Crippen LogP contribution in [0.2, 0.25) is 0 Å². The average molecular weight is 853 g/mol. The van der Waals surface area contributed by atoms with Gasteiger partial charge in [0.15, 0.2) is 0 Å². The van der Waals surface area contributed by atoms with E-state index in [2.05, 4.69) is 265 Å². The van der Waals surface area contributed by atoms with Gasteiger partial charge in [0.1, 0.15) is 0 Å². The SMILES string of the molecule is Cc1ccccc1N(c1ccccc1)c1ccc2c(-c3cccc4ccccc34)c3cc(-n4c5ccccc5c5ccccc54)ccc3c(-c3cccc(-c4ccc5ccccc5c4)c3)c2c1. The van der Waals surface area contributed by atoms with Gasteiger partial charge in [-0.15, -0.1) is 0 Å². The summed E-state index contributed by atoms with van der Waals surface area (Å²) in [5.41, 5.74) is 15.3. The molecule has 314 valence electrons. The van der Waals surface area contributed by atoms with Crippen LogP contribution in [0.25, 0.3) is 104 Å². The molecular weight excluding hydrogens is 809 g/mol. The Hall–Kier alpha value is -8.72. The number of nitrogens with zero attached hydrogens (tertiary/aromatic N) is 2. The van der Waals surface area contributed by atoms with E-state index in [9.17, 15) is 0 Å². The zero-order valence-corrected chi connectivity index (χ0v) is 37.1. The quantitative estimate of drug-likeness (QED) is 0.145. The van der Waals surface area contributed by atoms with Gasteiger partial charge in [0.2, 0.25) is 0 Å². The maximum Gasteiger partial charge on any atom is 0.0541 e. The molecule has 0 spiro atoms. The predicted octanol–water partition coefficient (Wildman–Crippen LogP) is 18.2. The van der Waals surface area contributed by atoms with Crippen molar-refractivity contribution >= 4 is 82.0 Å². The van der Waals surface area contributed by atoms with E-state index in [1.165, 1.54) is 104 Å². The molecule has 0 atom stereocenters. The first-order chi connectivity index (χ1) is 33.2. The van der Waals surface area contributed by atoms with Gasteiger partial charge >= 0.3 is 0 Å². The van der Waals surface area contributed by atoms with E-state index in [4.69, 9.17) is 0 Å². The summed E-state index contributed by atoms with van der Waals surface area (Å²) in [7, 11) is 0. The molecule has 0 bridgehead atoms. The number of fused-ring (bicyclic) bond motifs is 7. The molecule has 0 saturated heterocycles. The van der Waals surface area contributed by atoms with Gasteiger partial charge in [0.05, 0.1) is 11.0 Å². The molecule has 13 aromatic rings. The van der Waals surface area contributed by atoms with E-state index in [-0.39, 0.29) is 0 Å². The highest BCUT2D eigenvalue weighted by molar-refractivity contribution is 6.25. The number of benzene rings is 12. The lowest BCUT2D eigenvalue weighted by Crippen LogP contribution is -2.11. The van der Waals surface area contributed by atoms with Gasteiger partial charge in [0.25, 0.3) is 0 Å². The Morgan fingerprint density at radius 2 is 0.910 bits per heavy atom. The Morgan fingerprint density at radius 3 is 1.72 bits per heavy atom. The van der Waals surface area contributed by atoms with Crippen molar-refractivity contribution in [3.8, 4) is 39.1 Å². The van der Waals surface area contributed by atoms with Gasteiger partial charge < -0.3 is 9.47 Å². The van der Waals surface area contributed by atoms with Crippen molar-refractivity contribution in [3.63, 3.8) is 0 Å². The Bertz CT molecular complexity index is 4010. The Morgan fingerprint density at radius 1 is 0.313 bits per heavy atom. The maximum atomic E-state index is 2.46. The van der Waals surface area contributed by atoms with Crippen molar-refractivity contribution in [3.05, 3.63) is 254 Å². The van der Waals surface area contributed by atoms with Gasteiger partial charge in [-0.05, 0) is 156 Å². The van der Waals surface area contributed by atoms with Gasteiger partial charge in [0, 0.05) is 33.5 Å². The maximum absolute atomic E-state index is 2.46. The van der Waals surface area contributed by atoms with E-state index in [1.807, 2.05) is 0 Å². The molecule has 0 unspecified atom stereocenters. The summed E-state index contributed by atoms with van der Waals surface area (Å²) in [6.45, 7) is 2.21. The van der Waals surface area contributed by atoms with Crippen molar-refractivity contribution in [1.29, 1.82) is 0 Å². The molecule has 1 aromatic heterocycles. The fraction of sp³-hybridized carbons (Fsp3) is 0.0154. The summed E-state index contributed by atoms with van der Waals surface area (Å²) in [5, 5.41) is 12.2. The first-order valence-corrected chi connectivity index (χ1v) is 23.2. The highest BCUT2D eigenvalue weighted by atomic mass is 15.1. The van der Waals surface area contributed by atoms with Crippen LogP contribution in [-0.2, 0) is 0 Å². The van der Waals surface area contributed by atoms with Gasteiger partial charge in [-0.3, -0.25) is 0 Å². The molecule has 67 heavy (non-hydrogen) atoms. The van der Waals surface area contributed by atoms with Gasteiger partial charge in [-0.1, -0.05) is 182 Å². The van der Waals surface area contributed by atoms with Crippen molar-refractivity contribution in [2.24, 2.45) is 0 Å². The van der Waals surface area contributed by atoms with Crippen molar-refractivity contribution < 1.29 is 0 Å². The molecule has 0 amide bonds. The molecule has 0 aliphatic carbocycles. The third kappa shape index (κ3) is 6.41. The monoisotopic (exact) mass is 852 g/mol. The lowest BCUT2D eigenvalue weighted by molar-refractivity contribution is 1.19. The van der Waals surface area contributed by atoms with Crippen LogP contribution in [0.5, 0.6) is 0 Å². The van der Waals surface area contributed by atoms with Crippen LogP contribution in [-0.4, -0.2) is 4.57 Å². The smallest absolute Gasteiger partial charge is 0.0541 e. The Kier molecular flexibility index (Phi) is 9.11. The molecular formula is C65H44N2. The molecule has 0 radical (unpaired) electrons. The van der Waals surface area contributed by atoms with Crippen LogP contribution in [0.1, 0.15) is 5.56 Å². The molecule has 0 saturated carbocycles. The van der Waals surface area contributed by atoms with Crippen LogP contribution >= 0.6 is 0 Å². The number of hydrogen-bond acceptors (Lipinski definition) is 1. The second-order valence-electron chi connectivity index (χ2n) is 17.7. The van der Waals surface area contributed by atoms with Crippen molar-refractivity contribution in [2.75, 3.05) is 4.90 Å². The van der Waals surface area contributed by atoms with E-state index < -0.39 is 0 Å². The van der Waals surface area contributed by atoms with Gasteiger partial charge in [-0.25, -0.2) is 0 Å². The van der Waals surface area contributed by atoms with Crippen LogP contribution in [0.15, 0.2) is 249 Å². The highest BCUT2D eigenvalue weighted by Crippen LogP contribution is 2.49. The Labute approximate surface area is 389 Å². The van der Waals surface area contributed by atoms with Crippen LogP contribution in [0.3, 0.4) is 0 Å². The minimum atomic E-state index is 1.10. The number of aryl methyl sites for hydroxylation is 1. The largest absolute Gasteiger partial charge is 0.310 e. The van der Waals surface area contributed by atoms with E-state index in [1.54, 1.807) is 0 Å². The normalized spacial score (nSPS) is 11.7. The molecule has 2 nitrogen and oxygen atoms in total. The first-order valence-electron chi connectivity index (χ1n) is 23.2. The standard InChI is InChI=1S/C65H44N2/c1-43-17-5-12-30-61(43)66(50-24-3-2-4-25-50)51-35-38-58-59(41-51)64(49-23-15-22-47(40-49)48-34-33-44-18-6-7-20-46(44)39-48)57-37-36-52(67-62-31-13-10-27-54(62)55-28-11-14-32-63(55)67)42-60(57)65(58)56-29-16-21-45-19-8-9-26-53(45)56/h2-42H,1H3. The topological polar surface area (TPSA) is 8.17 Å². The number of para-hydroxylation sites is 4. The zero-order valence-electron chi connectivity index (χ0n) is 37.1. The summed E-state index contributed by atoms with van der Waals surface area (Å²) < 4.78 is 2.45. The predicted molar refractivity (Wildman–Crippen MR) is 287 cm³/mol. The number of anilines is 3. The molecule has 0 N–H and O–H groups in total.